The summed E-state index contributed by atoms with van der Waals surface area (Å²) < 4.78 is 0. The van der Waals surface area contributed by atoms with E-state index < -0.39 is 8.07 Å². The third-order valence-corrected chi connectivity index (χ3v) is 11.5. The van der Waals surface area contributed by atoms with E-state index in [2.05, 4.69) is 134 Å². The van der Waals surface area contributed by atoms with Gasteiger partial charge in [-0.1, -0.05) is 116 Å². The zero-order valence-corrected chi connectivity index (χ0v) is 23.1. The molecule has 39 heavy (non-hydrogen) atoms. The average molecular weight is 517 g/mol. The van der Waals surface area contributed by atoms with Crippen LogP contribution in [0.3, 0.4) is 0 Å². The molecular formula is C36H28N2Si. The fraction of sp³-hybridized carbons (Fsp3) is 0.0556. The molecule has 6 aromatic rings. The first-order valence-electron chi connectivity index (χ1n) is 13.4. The van der Waals surface area contributed by atoms with Crippen LogP contribution >= 0.6 is 0 Å². The number of hydrogen-bond acceptors (Lipinski definition) is 2. The van der Waals surface area contributed by atoms with Gasteiger partial charge in [-0.25, -0.2) is 9.97 Å². The number of hydrogen-bond donors (Lipinski definition) is 0. The monoisotopic (exact) mass is 516 g/mol. The van der Waals surface area contributed by atoms with Crippen LogP contribution in [0.2, 0.25) is 13.1 Å². The largest absolute Gasteiger partial charge is 0.236 e. The van der Waals surface area contributed by atoms with E-state index >= 15 is 0 Å². The molecule has 0 saturated heterocycles. The Labute approximate surface area is 230 Å². The molecule has 0 aliphatic carbocycles. The number of rotatable bonds is 4. The quantitative estimate of drug-likeness (QED) is 0.222. The maximum atomic E-state index is 4.95. The van der Waals surface area contributed by atoms with Crippen LogP contribution in [0.4, 0.5) is 0 Å². The minimum absolute atomic E-state index is 0.798. The van der Waals surface area contributed by atoms with E-state index in [4.69, 9.17) is 9.97 Å². The average Bonchev–Trinajstić information content (AvgIpc) is 3.25. The van der Waals surface area contributed by atoms with E-state index in [1.54, 1.807) is 0 Å². The Morgan fingerprint density at radius 3 is 1.54 bits per heavy atom. The second-order valence-electron chi connectivity index (χ2n) is 10.7. The fourth-order valence-electron chi connectivity index (χ4n) is 6.04. The Morgan fingerprint density at radius 2 is 0.923 bits per heavy atom. The van der Waals surface area contributed by atoms with Crippen LogP contribution < -0.4 is 10.4 Å². The van der Waals surface area contributed by atoms with Crippen LogP contribution in [0.25, 0.3) is 55.9 Å². The summed E-state index contributed by atoms with van der Waals surface area (Å²) in [5, 5.41) is 2.94. The van der Waals surface area contributed by atoms with Gasteiger partial charge in [-0.2, -0.15) is 0 Å². The summed E-state index contributed by atoms with van der Waals surface area (Å²) in [6.45, 7) is 4.88. The molecule has 0 saturated carbocycles. The van der Waals surface area contributed by atoms with Gasteiger partial charge in [0.2, 0.25) is 0 Å². The first-order valence-corrected chi connectivity index (χ1v) is 16.4. The highest BCUT2D eigenvalue weighted by atomic mass is 28.3. The summed E-state index contributed by atoms with van der Waals surface area (Å²) in [5.41, 5.74) is 10.8. The first-order chi connectivity index (χ1) is 19.1. The molecule has 1 aliphatic heterocycles. The lowest BCUT2D eigenvalue weighted by molar-refractivity contribution is 1.18. The second kappa shape index (κ2) is 9.30. The predicted molar refractivity (Wildman–Crippen MR) is 166 cm³/mol. The van der Waals surface area contributed by atoms with E-state index in [0.717, 1.165) is 22.5 Å². The van der Waals surface area contributed by atoms with Gasteiger partial charge < -0.3 is 0 Å². The van der Waals surface area contributed by atoms with Crippen LogP contribution in [-0.2, 0) is 0 Å². The van der Waals surface area contributed by atoms with Crippen LogP contribution in [0.15, 0.2) is 134 Å². The SMILES string of the molecule is C[Si]1(C)c2ccccc2-c2cccc(-c3ncc(-c4cc(-c5ccccc5)cc(-c5ccccc5)c4)cn3)c21. The number of aromatic nitrogens is 2. The highest BCUT2D eigenvalue weighted by molar-refractivity contribution is 7.04. The van der Waals surface area contributed by atoms with Crippen molar-refractivity contribution in [3.63, 3.8) is 0 Å². The molecule has 1 aliphatic rings. The number of nitrogens with zero attached hydrogens (tertiary/aromatic N) is 2. The maximum absolute atomic E-state index is 4.95. The van der Waals surface area contributed by atoms with Crippen molar-refractivity contribution in [2.75, 3.05) is 0 Å². The van der Waals surface area contributed by atoms with Crippen molar-refractivity contribution in [3.05, 3.63) is 134 Å². The molecule has 0 fully saturated rings. The van der Waals surface area contributed by atoms with Crippen molar-refractivity contribution in [2.24, 2.45) is 0 Å². The summed E-state index contributed by atoms with van der Waals surface area (Å²) >= 11 is 0. The molecule has 0 N–H and O–H groups in total. The zero-order valence-electron chi connectivity index (χ0n) is 22.1. The van der Waals surface area contributed by atoms with Crippen molar-refractivity contribution >= 4 is 18.4 Å². The van der Waals surface area contributed by atoms with E-state index in [1.165, 1.54) is 43.8 Å². The van der Waals surface area contributed by atoms with Crippen molar-refractivity contribution < 1.29 is 0 Å². The van der Waals surface area contributed by atoms with Crippen LogP contribution in [-0.4, -0.2) is 18.0 Å². The summed E-state index contributed by atoms with van der Waals surface area (Å²) in [4.78, 5) is 9.89. The molecule has 7 rings (SSSR count). The smallest absolute Gasteiger partial charge is 0.159 e. The summed E-state index contributed by atoms with van der Waals surface area (Å²) in [7, 11) is -1.86. The third-order valence-electron chi connectivity index (χ3n) is 7.95. The predicted octanol–water partition coefficient (Wildman–Crippen LogP) is 7.95. The van der Waals surface area contributed by atoms with E-state index in [1.807, 2.05) is 12.4 Å². The minimum atomic E-state index is -1.86. The standard InChI is InChI=1S/C36H28N2Si/c1-39(2)34-19-10-9-16-31(34)32-17-11-18-33(35(32)39)36-37-23-30(24-38-36)29-21-27(25-12-5-3-6-13-25)20-28(22-29)26-14-7-4-8-15-26/h3-24H,1-2H3. The molecular weight excluding hydrogens is 488 g/mol. The Bertz CT molecular complexity index is 1750. The molecule has 5 aromatic carbocycles. The van der Waals surface area contributed by atoms with Crippen molar-refractivity contribution in [1.82, 2.24) is 9.97 Å². The van der Waals surface area contributed by atoms with Crippen molar-refractivity contribution in [2.45, 2.75) is 13.1 Å². The van der Waals surface area contributed by atoms with Crippen molar-refractivity contribution in [3.8, 4) is 55.9 Å². The molecule has 0 bridgehead atoms. The lowest BCUT2D eigenvalue weighted by Gasteiger charge is -2.21. The molecule has 0 radical (unpaired) electrons. The molecule has 2 nitrogen and oxygen atoms in total. The third kappa shape index (κ3) is 4.03. The molecule has 186 valence electrons. The van der Waals surface area contributed by atoms with Gasteiger partial charge in [0, 0.05) is 23.5 Å². The number of benzene rings is 5. The normalized spacial score (nSPS) is 13.1. The Morgan fingerprint density at radius 1 is 0.436 bits per heavy atom. The van der Waals surface area contributed by atoms with Crippen LogP contribution in [0.1, 0.15) is 0 Å². The van der Waals surface area contributed by atoms with E-state index in [0.29, 0.717) is 0 Å². The van der Waals surface area contributed by atoms with Gasteiger partial charge in [-0.05, 0) is 67.5 Å². The maximum Gasteiger partial charge on any atom is 0.159 e. The van der Waals surface area contributed by atoms with E-state index in [9.17, 15) is 0 Å². The Balaban J connectivity index is 1.32. The Hall–Kier alpha value is -4.60. The molecule has 0 unspecified atom stereocenters. The minimum Gasteiger partial charge on any atom is -0.236 e. The summed E-state index contributed by atoms with van der Waals surface area (Å²) in [6.07, 6.45) is 3.97. The number of fused-ring (bicyclic) bond motifs is 3. The molecule has 3 heteroatoms. The molecule has 1 aromatic heterocycles. The first kappa shape index (κ1) is 23.5. The highest BCUT2D eigenvalue weighted by Crippen LogP contribution is 2.34. The lowest BCUT2D eigenvalue weighted by Crippen LogP contribution is -2.50. The summed E-state index contributed by atoms with van der Waals surface area (Å²) in [6, 6.07) is 43.3. The Kier molecular flexibility index (Phi) is 5.61. The molecule has 0 amide bonds. The van der Waals surface area contributed by atoms with Gasteiger partial charge in [0.1, 0.15) is 8.07 Å². The van der Waals surface area contributed by atoms with Crippen molar-refractivity contribution in [1.29, 1.82) is 0 Å². The van der Waals surface area contributed by atoms with Gasteiger partial charge in [0.15, 0.2) is 5.82 Å². The van der Waals surface area contributed by atoms with Gasteiger partial charge in [-0.15, -0.1) is 0 Å². The molecule has 2 heterocycles. The summed E-state index contributed by atoms with van der Waals surface area (Å²) in [5.74, 6) is 0.798. The van der Waals surface area contributed by atoms with Crippen LogP contribution in [0.5, 0.6) is 0 Å². The highest BCUT2D eigenvalue weighted by Gasteiger charge is 2.39. The van der Waals surface area contributed by atoms with Crippen LogP contribution in [0, 0.1) is 0 Å². The van der Waals surface area contributed by atoms with Gasteiger partial charge in [0.25, 0.3) is 0 Å². The van der Waals surface area contributed by atoms with Gasteiger partial charge >= 0.3 is 0 Å². The second-order valence-corrected chi connectivity index (χ2v) is 15.0. The topological polar surface area (TPSA) is 25.8 Å². The zero-order chi connectivity index (χ0) is 26.4. The van der Waals surface area contributed by atoms with Gasteiger partial charge in [0.05, 0.1) is 0 Å². The lowest BCUT2D eigenvalue weighted by atomic mass is 9.94. The fourth-order valence-corrected chi connectivity index (χ4v) is 9.47. The molecule has 0 spiro atoms. The van der Waals surface area contributed by atoms with Gasteiger partial charge in [-0.3, -0.25) is 0 Å². The van der Waals surface area contributed by atoms with E-state index in [-0.39, 0.29) is 0 Å². The molecule has 0 atom stereocenters.